The number of furan rings is 1. The van der Waals surface area contributed by atoms with Gasteiger partial charge in [0.25, 0.3) is 5.91 Å². The van der Waals surface area contributed by atoms with Crippen molar-refractivity contribution >= 4 is 29.6 Å². The highest BCUT2D eigenvalue weighted by Gasteiger charge is 2.13. The van der Waals surface area contributed by atoms with Crippen LogP contribution in [0, 0.1) is 11.3 Å². The number of methoxy groups -OCH3 is 1. The molecule has 0 saturated heterocycles. The van der Waals surface area contributed by atoms with Gasteiger partial charge < -0.3 is 19.2 Å². The molecule has 2 aromatic carbocycles. The number of nitrogens with zero attached hydrogens (tertiary/aromatic N) is 1. The predicted octanol–water partition coefficient (Wildman–Crippen LogP) is 4.70. The summed E-state index contributed by atoms with van der Waals surface area (Å²) in [7, 11) is 1.44. The summed E-state index contributed by atoms with van der Waals surface area (Å²) >= 11 is 5.96. The Morgan fingerprint density at radius 1 is 1.15 bits per heavy atom. The summed E-state index contributed by atoms with van der Waals surface area (Å²) in [5.41, 5.74) is 1.38. The van der Waals surface area contributed by atoms with Crippen LogP contribution >= 0.6 is 11.6 Å². The Morgan fingerprint density at radius 3 is 2.70 bits per heavy atom. The van der Waals surface area contributed by atoms with Crippen molar-refractivity contribution in [2.24, 2.45) is 0 Å². The van der Waals surface area contributed by atoms with Crippen molar-refractivity contribution in [1.29, 1.82) is 5.26 Å². The number of hydrogen-bond donors (Lipinski definition) is 1. The first kappa shape index (κ1) is 23.6. The van der Waals surface area contributed by atoms with Gasteiger partial charge in [0.2, 0.25) is 0 Å². The van der Waals surface area contributed by atoms with Crippen molar-refractivity contribution in [3.05, 3.63) is 88.3 Å². The molecule has 0 unspecified atom stereocenters. The molecule has 0 saturated carbocycles. The monoisotopic (exact) mass is 464 g/mol. The number of ether oxygens (including phenoxy) is 2. The third-order valence-corrected chi connectivity index (χ3v) is 4.83. The molecular weight excluding hydrogens is 444 g/mol. The molecule has 8 heteroatoms. The van der Waals surface area contributed by atoms with Gasteiger partial charge in [-0.1, -0.05) is 29.8 Å². The summed E-state index contributed by atoms with van der Waals surface area (Å²) in [5.74, 6) is 0.152. The SMILES string of the molecule is COc1cc(/C=C(\C#N)C(=O)NCc2ccco2)ccc1OC(=O)CCc1cccc(Cl)c1. The van der Waals surface area contributed by atoms with Gasteiger partial charge in [-0.05, 0) is 60.0 Å². The fraction of sp³-hybridized carbons (Fsp3) is 0.160. The maximum atomic E-state index is 12.3. The van der Waals surface area contributed by atoms with Gasteiger partial charge >= 0.3 is 5.97 Å². The number of carbonyl (C=O) groups excluding carboxylic acids is 2. The maximum absolute atomic E-state index is 12.3. The first-order valence-corrected chi connectivity index (χ1v) is 10.4. The Bertz CT molecular complexity index is 1200. The molecule has 0 spiro atoms. The molecule has 0 atom stereocenters. The normalized spacial score (nSPS) is 10.9. The quantitative estimate of drug-likeness (QED) is 0.213. The molecule has 0 aliphatic heterocycles. The van der Waals surface area contributed by atoms with E-state index in [1.807, 2.05) is 18.2 Å². The predicted molar refractivity (Wildman–Crippen MR) is 123 cm³/mol. The second kappa shape index (κ2) is 11.6. The molecule has 1 N–H and O–H groups in total. The number of benzene rings is 2. The van der Waals surface area contributed by atoms with E-state index in [0.717, 1.165) is 5.56 Å². The zero-order valence-electron chi connectivity index (χ0n) is 17.8. The third-order valence-electron chi connectivity index (χ3n) is 4.60. The van der Waals surface area contributed by atoms with Crippen LogP contribution < -0.4 is 14.8 Å². The first-order chi connectivity index (χ1) is 16.0. The van der Waals surface area contributed by atoms with E-state index in [9.17, 15) is 14.9 Å². The van der Waals surface area contributed by atoms with Crippen molar-refractivity contribution in [3.63, 3.8) is 0 Å². The van der Waals surface area contributed by atoms with Gasteiger partial charge in [0.15, 0.2) is 11.5 Å². The van der Waals surface area contributed by atoms with Gasteiger partial charge in [-0.15, -0.1) is 0 Å². The number of halogens is 1. The molecule has 0 aliphatic carbocycles. The lowest BCUT2D eigenvalue weighted by Gasteiger charge is -2.10. The van der Waals surface area contributed by atoms with Crippen molar-refractivity contribution < 1.29 is 23.5 Å². The molecule has 33 heavy (non-hydrogen) atoms. The fourth-order valence-electron chi connectivity index (χ4n) is 2.96. The van der Waals surface area contributed by atoms with E-state index in [0.29, 0.717) is 28.5 Å². The minimum atomic E-state index is -0.538. The van der Waals surface area contributed by atoms with Crippen molar-refractivity contribution in [2.75, 3.05) is 7.11 Å². The van der Waals surface area contributed by atoms with Gasteiger partial charge in [0, 0.05) is 11.4 Å². The van der Waals surface area contributed by atoms with Crippen molar-refractivity contribution in [2.45, 2.75) is 19.4 Å². The number of nitriles is 1. The Morgan fingerprint density at radius 2 is 2.00 bits per heavy atom. The number of aryl methyl sites for hydroxylation is 1. The van der Waals surface area contributed by atoms with Crippen LogP contribution in [0.15, 0.2) is 70.9 Å². The topological polar surface area (TPSA) is 102 Å². The molecule has 3 aromatic rings. The summed E-state index contributed by atoms with van der Waals surface area (Å²) < 4.78 is 15.9. The lowest BCUT2D eigenvalue weighted by molar-refractivity contribution is -0.134. The Hall–Kier alpha value is -4.02. The van der Waals surface area contributed by atoms with E-state index in [-0.39, 0.29) is 24.3 Å². The number of amides is 1. The molecule has 1 amide bonds. The standard InChI is InChI=1S/C25H21ClN2O5/c1-31-23-14-18(12-19(15-27)25(30)28-16-21-6-3-11-32-21)7-9-22(23)33-24(29)10-8-17-4-2-5-20(26)13-17/h2-7,9,11-14H,8,10,16H2,1H3,(H,28,30)/b19-12+. The van der Waals surface area contributed by atoms with Crippen molar-refractivity contribution in [1.82, 2.24) is 5.32 Å². The average Bonchev–Trinajstić information content (AvgIpc) is 3.34. The Kier molecular flexibility index (Phi) is 8.28. The number of esters is 1. The minimum Gasteiger partial charge on any atom is -0.493 e. The van der Waals surface area contributed by atoms with E-state index in [1.54, 1.807) is 42.5 Å². The zero-order chi connectivity index (χ0) is 23.6. The molecule has 168 valence electrons. The van der Waals surface area contributed by atoms with Gasteiger partial charge in [0.1, 0.15) is 17.4 Å². The van der Waals surface area contributed by atoms with E-state index in [1.165, 1.54) is 19.4 Å². The second-order valence-corrected chi connectivity index (χ2v) is 7.38. The van der Waals surface area contributed by atoms with Gasteiger partial charge in [-0.2, -0.15) is 5.26 Å². The molecule has 1 aromatic heterocycles. The van der Waals surface area contributed by atoms with Crippen LogP contribution in [0.1, 0.15) is 23.3 Å². The summed E-state index contributed by atoms with van der Waals surface area (Å²) in [6.07, 6.45) is 3.58. The van der Waals surface area contributed by atoms with Gasteiger partial charge in [-0.3, -0.25) is 9.59 Å². The molecule has 0 radical (unpaired) electrons. The number of carbonyl (C=O) groups is 2. The van der Waals surface area contributed by atoms with Crippen LogP contribution in [0.5, 0.6) is 11.5 Å². The Balaban J connectivity index is 1.64. The largest absolute Gasteiger partial charge is 0.493 e. The molecule has 7 nitrogen and oxygen atoms in total. The van der Waals surface area contributed by atoms with Crippen LogP contribution in [0.3, 0.4) is 0 Å². The molecular formula is C25H21ClN2O5. The number of nitrogens with one attached hydrogen (secondary N) is 1. The van der Waals surface area contributed by atoms with Crippen LogP contribution in [0.2, 0.25) is 5.02 Å². The summed E-state index contributed by atoms with van der Waals surface area (Å²) in [5, 5.41) is 12.6. The van der Waals surface area contributed by atoms with Crippen molar-refractivity contribution in [3.8, 4) is 17.6 Å². The lowest BCUT2D eigenvalue weighted by Crippen LogP contribution is -2.23. The third kappa shape index (κ3) is 6.99. The zero-order valence-corrected chi connectivity index (χ0v) is 18.6. The molecule has 0 aliphatic rings. The highest BCUT2D eigenvalue weighted by atomic mass is 35.5. The minimum absolute atomic E-state index is 0.0881. The molecule has 3 rings (SSSR count). The summed E-state index contributed by atoms with van der Waals surface area (Å²) in [4.78, 5) is 24.6. The summed E-state index contributed by atoms with van der Waals surface area (Å²) in [6.45, 7) is 0.165. The molecule has 1 heterocycles. The lowest BCUT2D eigenvalue weighted by atomic mass is 10.1. The smallest absolute Gasteiger partial charge is 0.311 e. The maximum Gasteiger partial charge on any atom is 0.311 e. The highest BCUT2D eigenvalue weighted by molar-refractivity contribution is 6.30. The number of hydrogen-bond acceptors (Lipinski definition) is 6. The van der Waals surface area contributed by atoms with Crippen LogP contribution in [-0.2, 0) is 22.6 Å². The molecule has 0 bridgehead atoms. The van der Waals surface area contributed by atoms with E-state index in [4.69, 9.17) is 25.5 Å². The average molecular weight is 465 g/mol. The van der Waals surface area contributed by atoms with Crippen LogP contribution in [0.25, 0.3) is 6.08 Å². The molecule has 0 fully saturated rings. The highest BCUT2D eigenvalue weighted by Crippen LogP contribution is 2.29. The fourth-order valence-corrected chi connectivity index (χ4v) is 3.17. The van der Waals surface area contributed by atoms with Gasteiger partial charge in [0.05, 0.1) is 19.9 Å². The summed E-state index contributed by atoms with van der Waals surface area (Å²) in [6, 6.07) is 17.3. The number of rotatable bonds is 9. The van der Waals surface area contributed by atoms with Gasteiger partial charge in [-0.25, -0.2) is 0 Å². The van der Waals surface area contributed by atoms with E-state index < -0.39 is 11.9 Å². The first-order valence-electron chi connectivity index (χ1n) is 10.0. The van der Waals surface area contributed by atoms with E-state index in [2.05, 4.69) is 5.32 Å². The van der Waals surface area contributed by atoms with Crippen LogP contribution in [-0.4, -0.2) is 19.0 Å². The van der Waals surface area contributed by atoms with E-state index >= 15 is 0 Å². The Labute approximate surface area is 196 Å². The van der Waals surface area contributed by atoms with Crippen LogP contribution in [0.4, 0.5) is 0 Å². The second-order valence-electron chi connectivity index (χ2n) is 6.95.